The third-order valence-electron chi connectivity index (χ3n) is 1.82. The van der Waals surface area contributed by atoms with Gasteiger partial charge >= 0.3 is 0 Å². The second-order valence-electron chi connectivity index (χ2n) is 2.71. The zero-order chi connectivity index (χ0) is 9.10. The first-order valence-electron chi connectivity index (χ1n) is 3.99. The summed E-state index contributed by atoms with van der Waals surface area (Å²) in [5, 5.41) is 3.18. The van der Waals surface area contributed by atoms with E-state index in [4.69, 9.17) is 4.42 Å². The van der Waals surface area contributed by atoms with Crippen molar-refractivity contribution in [1.82, 2.24) is 10.3 Å². The molecule has 4 heteroatoms. The lowest BCUT2D eigenvalue weighted by Crippen LogP contribution is -2.09. The molecule has 13 heavy (non-hydrogen) atoms. The van der Waals surface area contributed by atoms with Gasteiger partial charge in [-0.2, -0.15) is 0 Å². The van der Waals surface area contributed by atoms with Crippen LogP contribution in [-0.4, -0.2) is 10.4 Å². The van der Waals surface area contributed by atoms with Crippen molar-refractivity contribution >= 4 is 27.0 Å². The molecule has 2 rings (SSSR count). The molecular weight excluding hydrogens is 232 g/mol. The van der Waals surface area contributed by atoms with Crippen molar-refractivity contribution in [3.63, 3.8) is 0 Å². The number of halogens is 1. The molecule has 0 aliphatic rings. The third kappa shape index (κ3) is 1.89. The Morgan fingerprint density at radius 2 is 2.38 bits per heavy atom. The molecule has 1 N–H and O–H groups in total. The average molecular weight is 241 g/mol. The number of alkyl halides is 1. The van der Waals surface area contributed by atoms with Crippen molar-refractivity contribution in [3.05, 3.63) is 30.2 Å². The second kappa shape index (κ2) is 3.89. The molecule has 0 radical (unpaired) electrons. The summed E-state index contributed by atoms with van der Waals surface area (Å²) in [6, 6.07) is 6.00. The van der Waals surface area contributed by atoms with Gasteiger partial charge in [-0.25, -0.2) is 4.98 Å². The predicted octanol–water partition coefficient (Wildman–Crippen LogP) is 2.27. The van der Waals surface area contributed by atoms with Gasteiger partial charge in [-0.3, -0.25) is 0 Å². The average Bonchev–Trinajstić information content (AvgIpc) is 2.61. The highest BCUT2D eigenvalue weighted by atomic mass is 79.9. The van der Waals surface area contributed by atoms with Crippen LogP contribution in [0.2, 0.25) is 0 Å². The molecule has 68 valence electrons. The van der Waals surface area contributed by atoms with E-state index in [9.17, 15) is 0 Å². The molecule has 0 aliphatic carbocycles. The van der Waals surface area contributed by atoms with Gasteiger partial charge in [-0.1, -0.05) is 22.0 Å². The first kappa shape index (κ1) is 8.72. The van der Waals surface area contributed by atoms with Gasteiger partial charge in [-0.05, 0) is 17.7 Å². The molecule has 1 aromatic heterocycles. The van der Waals surface area contributed by atoms with Gasteiger partial charge in [0, 0.05) is 6.54 Å². The molecule has 0 saturated heterocycles. The number of benzene rings is 1. The van der Waals surface area contributed by atoms with Crippen LogP contribution in [0, 0.1) is 0 Å². The number of hydrogen-bond donors (Lipinski definition) is 1. The van der Waals surface area contributed by atoms with Crippen LogP contribution < -0.4 is 5.32 Å². The van der Waals surface area contributed by atoms with E-state index in [1.54, 1.807) is 0 Å². The predicted molar refractivity (Wildman–Crippen MR) is 54.6 cm³/mol. The normalized spacial score (nSPS) is 10.8. The molecule has 0 atom stereocenters. The summed E-state index contributed by atoms with van der Waals surface area (Å²) < 4.78 is 5.19. The Bertz CT molecular complexity index is 399. The maximum absolute atomic E-state index is 5.19. The van der Waals surface area contributed by atoms with E-state index in [0.717, 1.165) is 23.1 Å². The van der Waals surface area contributed by atoms with Crippen LogP contribution in [0.4, 0.5) is 0 Å². The summed E-state index contributed by atoms with van der Waals surface area (Å²) in [6.45, 7) is 0.835. The highest BCUT2D eigenvalue weighted by Gasteiger charge is 1.98. The zero-order valence-corrected chi connectivity index (χ0v) is 8.54. The highest BCUT2D eigenvalue weighted by molar-refractivity contribution is 9.09. The van der Waals surface area contributed by atoms with Crippen LogP contribution in [0.3, 0.4) is 0 Å². The van der Waals surface area contributed by atoms with Gasteiger partial charge in [0.1, 0.15) is 5.52 Å². The summed E-state index contributed by atoms with van der Waals surface area (Å²) in [4.78, 5) is 4.04. The van der Waals surface area contributed by atoms with Gasteiger partial charge in [-0.15, -0.1) is 0 Å². The van der Waals surface area contributed by atoms with Crippen LogP contribution in [0.25, 0.3) is 11.1 Å². The van der Waals surface area contributed by atoms with Gasteiger partial charge in [0.25, 0.3) is 0 Å². The van der Waals surface area contributed by atoms with Crippen molar-refractivity contribution in [1.29, 1.82) is 0 Å². The minimum absolute atomic E-state index is 0.793. The van der Waals surface area contributed by atoms with Crippen LogP contribution >= 0.6 is 15.9 Å². The van der Waals surface area contributed by atoms with Crippen molar-refractivity contribution < 1.29 is 4.42 Å². The van der Waals surface area contributed by atoms with Crippen molar-refractivity contribution in [2.24, 2.45) is 0 Å². The molecule has 0 bridgehead atoms. The Balaban J connectivity index is 2.26. The van der Waals surface area contributed by atoms with Crippen LogP contribution in [0.15, 0.2) is 29.0 Å². The van der Waals surface area contributed by atoms with Gasteiger partial charge in [0.2, 0.25) is 0 Å². The number of hydrogen-bond acceptors (Lipinski definition) is 3. The molecule has 2 aromatic rings. The SMILES string of the molecule is BrCNCc1ccc2ncoc2c1. The molecule has 0 amide bonds. The molecule has 0 fully saturated rings. The van der Waals surface area contributed by atoms with E-state index < -0.39 is 0 Å². The maximum Gasteiger partial charge on any atom is 0.181 e. The fourth-order valence-corrected chi connectivity index (χ4v) is 1.40. The molecule has 0 unspecified atom stereocenters. The molecule has 1 aromatic carbocycles. The first-order chi connectivity index (χ1) is 6.40. The van der Waals surface area contributed by atoms with Gasteiger partial charge in [0.15, 0.2) is 12.0 Å². The molecule has 0 aliphatic heterocycles. The van der Waals surface area contributed by atoms with Crippen LogP contribution in [0.5, 0.6) is 0 Å². The van der Waals surface area contributed by atoms with Crippen molar-refractivity contribution in [2.75, 3.05) is 5.45 Å². The third-order valence-corrected chi connectivity index (χ3v) is 2.22. The van der Waals surface area contributed by atoms with E-state index in [1.165, 1.54) is 12.0 Å². The number of aromatic nitrogens is 1. The first-order valence-corrected chi connectivity index (χ1v) is 5.11. The summed E-state index contributed by atoms with van der Waals surface area (Å²) in [5.41, 5.74) is 3.74. The van der Waals surface area contributed by atoms with E-state index in [1.807, 2.05) is 18.2 Å². The zero-order valence-electron chi connectivity index (χ0n) is 6.96. The molecule has 0 saturated carbocycles. The fraction of sp³-hybridized carbons (Fsp3) is 0.222. The summed E-state index contributed by atoms with van der Waals surface area (Å²) in [5.74, 6) is 0. The van der Waals surface area contributed by atoms with Crippen molar-refractivity contribution in [2.45, 2.75) is 6.54 Å². The highest BCUT2D eigenvalue weighted by Crippen LogP contribution is 2.13. The number of nitrogens with zero attached hydrogens (tertiary/aromatic N) is 1. The number of rotatable bonds is 3. The quantitative estimate of drug-likeness (QED) is 0.661. The molecular formula is C9H9BrN2O. The van der Waals surface area contributed by atoms with Gasteiger partial charge < -0.3 is 9.73 Å². The minimum Gasteiger partial charge on any atom is -0.443 e. The van der Waals surface area contributed by atoms with E-state index in [-0.39, 0.29) is 0 Å². The number of nitrogens with one attached hydrogen (secondary N) is 1. The number of oxazole rings is 1. The Labute approximate surface area is 84.3 Å². The molecule has 1 heterocycles. The van der Waals surface area contributed by atoms with Crippen LogP contribution in [0.1, 0.15) is 5.56 Å². The standard InChI is InChI=1S/C9H9BrN2O/c10-5-11-4-7-1-2-8-9(3-7)13-6-12-8/h1-3,6,11H,4-5H2. The summed E-state index contributed by atoms with van der Waals surface area (Å²) >= 11 is 3.30. The number of fused-ring (bicyclic) bond motifs is 1. The fourth-order valence-electron chi connectivity index (χ4n) is 1.20. The van der Waals surface area contributed by atoms with Gasteiger partial charge in [0.05, 0.1) is 5.45 Å². The molecule has 0 spiro atoms. The summed E-state index contributed by atoms with van der Waals surface area (Å²) in [6.07, 6.45) is 1.46. The Kier molecular flexibility index (Phi) is 2.61. The van der Waals surface area contributed by atoms with E-state index >= 15 is 0 Å². The lowest BCUT2D eigenvalue weighted by Gasteiger charge is -1.99. The Morgan fingerprint density at radius 1 is 1.46 bits per heavy atom. The maximum atomic E-state index is 5.19. The van der Waals surface area contributed by atoms with E-state index in [0.29, 0.717) is 0 Å². The smallest absolute Gasteiger partial charge is 0.181 e. The monoisotopic (exact) mass is 240 g/mol. The molecule has 3 nitrogen and oxygen atoms in total. The van der Waals surface area contributed by atoms with Crippen LogP contribution in [-0.2, 0) is 6.54 Å². The lowest BCUT2D eigenvalue weighted by molar-refractivity contribution is 0.601. The topological polar surface area (TPSA) is 38.1 Å². The Morgan fingerprint density at radius 3 is 3.23 bits per heavy atom. The summed E-state index contributed by atoms with van der Waals surface area (Å²) in [7, 11) is 0. The largest absolute Gasteiger partial charge is 0.443 e. The Hall–Kier alpha value is -0.870. The minimum atomic E-state index is 0.793. The van der Waals surface area contributed by atoms with E-state index in [2.05, 4.69) is 26.2 Å². The second-order valence-corrected chi connectivity index (χ2v) is 3.28. The van der Waals surface area contributed by atoms with Crippen molar-refractivity contribution in [3.8, 4) is 0 Å². The lowest BCUT2D eigenvalue weighted by atomic mass is 10.2.